The van der Waals surface area contributed by atoms with Crippen LogP contribution in [0.15, 0.2) is 6.07 Å². The largest absolute Gasteiger partial charge is 0.468 e. The van der Waals surface area contributed by atoms with Gasteiger partial charge in [-0.1, -0.05) is 0 Å². The highest BCUT2D eigenvalue weighted by Crippen LogP contribution is 2.44. The van der Waals surface area contributed by atoms with Crippen LogP contribution in [-0.4, -0.2) is 57.3 Å². The SMILES string of the molecule is COC(=O)[C@@H]1C[C@H](NC(=O)c2cc3c(s2)C2(CCNCC2)OCC3)CN1.Cl.Cl. The Hall–Kier alpha value is -0.900. The summed E-state index contributed by atoms with van der Waals surface area (Å²) in [6, 6.07) is 1.63. The third-order valence-electron chi connectivity index (χ3n) is 5.56. The number of hydrogen-bond donors (Lipinski definition) is 3. The number of fused-ring (bicyclic) bond motifs is 2. The van der Waals surface area contributed by atoms with Gasteiger partial charge in [0.2, 0.25) is 0 Å². The molecule has 2 fully saturated rings. The van der Waals surface area contributed by atoms with Gasteiger partial charge in [0.1, 0.15) is 11.6 Å². The molecule has 7 nitrogen and oxygen atoms in total. The molecule has 28 heavy (non-hydrogen) atoms. The predicted octanol–water partition coefficient (Wildman–Crippen LogP) is 1.38. The van der Waals surface area contributed by atoms with E-state index in [9.17, 15) is 9.59 Å². The number of rotatable bonds is 3. The number of ether oxygens (including phenoxy) is 2. The van der Waals surface area contributed by atoms with E-state index in [1.165, 1.54) is 17.6 Å². The van der Waals surface area contributed by atoms with Crippen molar-refractivity contribution < 1.29 is 19.1 Å². The molecule has 158 valence electrons. The Morgan fingerprint density at radius 1 is 1.32 bits per heavy atom. The van der Waals surface area contributed by atoms with Gasteiger partial charge in [-0.25, -0.2) is 0 Å². The summed E-state index contributed by atoms with van der Waals surface area (Å²) in [5.41, 5.74) is 1.04. The van der Waals surface area contributed by atoms with Crippen molar-refractivity contribution in [1.82, 2.24) is 16.0 Å². The Bertz CT molecular complexity index is 709. The number of carbonyl (C=O) groups is 2. The summed E-state index contributed by atoms with van der Waals surface area (Å²) in [6.07, 6.45) is 3.33. The van der Waals surface area contributed by atoms with E-state index in [2.05, 4.69) is 16.0 Å². The first kappa shape index (κ1) is 23.4. The molecule has 0 aromatic carbocycles. The first-order valence-electron chi connectivity index (χ1n) is 9.21. The van der Waals surface area contributed by atoms with Crippen molar-refractivity contribution in [2.45, 2.75) is 43.4 Å². The molecular weight excluding hydrogens is 425 g/mol. The third-order valence-corrected chi connectivity index (χ3v) is 6.92. The van der Waals surface area contributed by atoms with E-state index in [1.807, 2.05) is 6.07 Å². The molecule has 10 heteroatoms. The lowest BCUT2D eigenvalue weighted by atomic mass is 9.86. The zero-order chi connectivity index (χ0) is 18.1. The van der Waals surface area contributed by atoms with Gasteiger partial charge in [0.15, 0.2) is 0 Å². The van der Waals surface area contributed by atoms with Crippen molar-refractivity contribution in [3.8, 4) is 0 Å². The molecule has 4 heterocycles. The fourth-order valence-corrected chi connectivity index (χ4v) is 5.47. The van der Waals surface area contributed by atoms with Gasteiger partial charge in [0.25, 0.3) is 5.91 Å². The standard InChI is InChI=1S/C18H25N3O4S.2ClH/c1-24-17(23)13-9-12(10-20-13)21-16(22)14-8-11-2-7-25-18(15(11)26-14)3-5-19-6-4-18;;/h8,12-13,19-20H,2-7,9-10H2,1H3,(H,21,22);2*1H/t12-,13-;;/m0../s1. The summed E-state index contributed by atoms with van der Waals surface area (Å²) in [5.74, 6) is -0.343. The molecular formula is C18H27Cl2N3O4S. The summed E-state index contributed by atoms with van der Waals surface area (Å²) in [6.45, 7) is 3.19. The minimum Gasteiger partial charge on any atom is -0.468 e. The minimum atomic E-state index is -0.340. The zero-order valence-corrected chi connectivity index (χ0v) is 18.2. The monoisotopic (exact) mass is 451 g/mol. The van der Waals surface area contributed by atoms with Gasteiger partial charge in [-0.3, -0.25) is 9.59 Å². The highest BCUT2D eigenvalue weighted by molar-refractivity contribution is 7.14. The van der Waals surface area contributed by atoms with Crippen LogP contribution >= 0.6 is 36.2 Å². The highest BCUT2D eigenvalue weighted by atomic mass is 35.5. The Labute approximate surface area is 181 Å². The van der Waals surface area contributed by atoms with Crippen molar-refractivity contribution in [1.29, 1.82) is 0 Å². The normalized spacial score (nSPS) is 25.2. The molecule has 1 aromatic heterocycles. The molecule has 1 aromatic rings. The quantitative estimate of drug-likeness (QED) is 0.601. The van der Waals surface area contributed by atoms with E-state index in [0.717, 1.165) is 43.8 Å². The highest BCUT2D eigenvalue weighted by Gasteiger charge is 2.41. The lowest BCUT2D eigenvalue weighted by molar-refractivity contribution is -0.142. The van der Waals surface area contributed by atoms with Gasteiger partial charge >= 0.3 is 5.97 Å². The van der Waals surface area contributed by atoms with E-state index in [0.29, 0.717) is 13.0 Å². The molecule has 4 rings (SSSR count). The van der Waals surface area contributed by atoms with Crippen molar-refractivity contribution in [3.63, 3.8) is 0 Å². The molecule has 3 aliphatic heterocycles. The van der Waals surface area contributed by atoms with E-state index in [4.69, 9.17) is 9.47 Å². The first-order valence-corrected chi connectivity index (χ1v) is 10.0. The van der Waals surface area contributed by atoms with Gasteiger partial charge in [-0.05, 0) is 50.4 Å². The fourth-order valence-electron chi connectivity index (χ4n) is 4.16. The van der Waals surface area contributed by atoms with Crippen LogP contribution in [0.3, 0.4) is 0 Å². The molecule has 0 bridgehead atoms. The van der Waals surface area contributed by atoms with Gasteiger partial charge in [-0.2, -0.15) is 0 Å². The second-order valence-corrected chi connectivity index (χ2v) is 8.25. The average molecular weight is 452 g/mol. The van der Waals surface area contributed by atoms with Crippen LogP contribution in [-0.2, 0) is 26.3 Å². The summed E-state index contributed by atoms with van der Waals surface area (Å²) < 4.78 is 10.9. The molecule has 1 spiro atoms. The van der Waals surface area contributed by atoms with Crippen LogP contribution < -0.4 is 16.0 Å². The molecule has 2 atom stereocenters. The second kappa shape index (κ2) is 9.73. The van der Waals surface area contributed by atoms with Crippen molar-refractivity contribution in [2.75, 3.05) is 33.4 Å². The average Bonchev–Trinajstić information content (AvgIpc) is 3.30. The van der Waals surface area contributed by atoms with Gasteiger partial charge in [0, 0.05) is 17.5 Å². The Morgan fingerprint density at radius 3 is 2.79 bits per heavy atom. The number of thiophene rings is 1. The Morgan fingerprint density at radius 2 is 2.07 bits per heavy atom. The van der Waals surface area contributed by atoms with Crippen LogP contribution in [0.2, 0.25) is 0 Å². The molecule has 0 saturated carbocycles. The number of halogens is 2. The van der Waals surface area contributed by atoms with Gasteiger partial charge in [-0.15, -0.1) is 36.2 Å². The summed E-state index contributed by atoms with van der Waals surface area (Å²) in [5, 5.41) is 9.53. The van der Waals surface area contributed by atoms with E-state index >= 15 is 0 Å². The van der Waals surface area contributed by atoms with Crippen LogP contribution in [0.25, 0.3) is 0 Å². The molecule has 2 saturated heterocycles. The number of esters is 1. The van der Waals surface area contributed by atoms with Crippen LogP contribution in [0, 0.1) is 0 Å². The van der Waals surface area contributed by atoms with Crippen LogP contribution in [0.4, 0.5) is 0 Å². The van der Waals surface area contributed by atoms with Crippen LogP contribution in [0.1, 0.15) is 39.4 Å². The van der Waals surface area contributed by atoms with Gasteiger partial charge in [0.05, 0.1) is 18.6 Å². The zero-order valence-electron chi connectivity index (χ0n) is 15.7. The van der Waals surface area contributed by atoms with E-state index in [1.54, 1.807) is 11.3 Å². The topological polar surface area (TPSA) is 88.7 Å². The van der Waals surface area contributed by atoms with Gasteiger partial charge < -0.3 is 25.4 Å². The summed E-state index contributed by atoms with van der Waals surface area (Å²) in [4.78, 5) is 26.3. The predicted molar refractivity (Wildman–Crippen MR) is 112 cm³/mol. The Balaban J connectivity index is 0.00000140. The third kappa shape index (κ3) is 4.47. The lowest BCUT2D eigenvalue weighted by Gasteiger charge is -2.40. The maximum atomic E-state index is 12.7. The Kier molecular flexibility index (Phi) is 8.13. The number of nitrogens with one attached hydrogen (secondary N) is 3. The smallest absolute Gasteiger partial charge is 0.322 e. The second-order valence-electron chi connectivity index (χ2n) is 7.20. The van der Waals surface area contributed by atoms with Crippen molar-refractivity contribution in [2.24, 2.45) is 0 Å². The number of methoxy groups -OCH3 is 1. The van der Waals surface area contributed by atoms with E-state index < -0.39 is 0 Å². The summed E-state index contributed by atoms with van der Waals surface area (Å²) >= 11 is 1.57. The summed E-state index contributed by atoms with van der Waals surface area (Å²) in [7, 11) is 1.38. The van der Waals surface area contributed by atoms with E-state index in [-0.39, 0.29) is 54.4 Å². The number of amides is 1. The molecule has 3 N–H and O–H groups in total. The minimum absolute atomic E-state index is 0. The number of carbonyl (C=O) groups excluding carboxylic acids is 2. The maximum Gasteiger partial charge on any atom is 0.322 e. The van der Waals surface area contributed by atoms with Crippen molar-refractivity contribution in [3.05, 3.63) is 21.4 Å². The molecule has 0 unspecified atom stereocenters. The van der Waals surface area contributed by atoms with Crippen molar-refractivity contribution >= 4 is 48.0 Å². The maximum absolute atomic E-state index is 12.7. The molecule has 3 aliphatic rings. The molecule has 0 radical (unpaired) electrons. The molecule has 1 amide bonds. The number of hydrogen-bond acceptors (Lipinski definition) is 7. The lowest BCUT2D eigenvalue weighted by Crippen LogP contribution is -2.44. The molecule has 0 aliphatic carbocycles. The fraction of sp³-hybridized carbons (Fsp3) is 0.667. The van der Waals surface area contributed by atoms with Crippen LogP contribution in [0.5, 0.6) is 0 Å². The number of piperidine rings is 1. The first-order chi connectivity index (χ1) is 12.6.